The zero-order chi connectivity index (χ0) is 20.8. The first kappa shape index (κ1) is 21.1. The molecule has 0 aromatic heterocycles. The monoisotopic (exact) mass is 415 g/mol. The molecule has 1 saturated heterocycles. The van der Waals surface area contributed by atoms with E-state index in [2.05, 4.69) is 11.8 Å². The summed E-state index contributed by atoms with van der Waals surface area (Å²) in [6, 6.07) is 14.1. The maximum absolute atomic E-state index is 14.2. The summed E-state index contributed by atoms with van der Waals surface area (Å²) < 4.78 is 14.2. The van der Waals surface area contributed by atoms with Crippen LogP contribution in [0.1, 0.15) is 12.0 Å². The van der Waals surface area contributed by atoms with Gasteiger partial charge in [0.05, 0.1) is 44.4 Å². The van der Waals surface area contributed by atoms with Gasteiger partial charge in [0.25, 0.3) is 5.91 Å². The Kier molecular flexibility index (Phi) is 7.08. The van der Waals surface area contributed by atoms with E-state index < -0.39 is 5.82 Å². The van der Waals surface area contributed by atoms with Crippen molar-refractivity contribution in [3.05, 3.63) is 58.9 Å². The first-order valence-corrected chi connectivity index (χ1v) is 10.1. The van der Waals surface area contributed by atoms with Crippen LogP contribution in [0.2, 0.25) is 5.02 Å². The number of carbonyl (C=O) groups excluding carboxylic acids is 1. The number of para-hydroxylation sites is 1. The number of anilines is 2. The molecule has 0 radical (unpaired) electrons. The summed E-state index contributed by atoms with van der Waals surface area (Å²) in [5.74, 6) is -0.609. The van der Waals surface area contributed by atoms with Crippen molar-refractivity contribution in [2.24, 2.45) is 0 Å². The number of nitrogens with one attached hydrogen (secondary N) is 1. The number of quaternary nitrogens is 1. The second-order valence-corrected chi connectivity index (χ2v) is 7.69. The molecule has 2 aromatic rings. The summed E-state index contributed by atoms with van der Waals surface area (Å²) in [4.78, 5) is 17.8. The summed E-state index contributed by atoms with van der Waals surface area (Å²) in [5, 5.41) is 9.63. The number of hydrogen-bond donors (Lipinski definition) is 1. The van der Waals surface area contributed by atoms with Crippen molar-refractivity contribution in [2.45, 2.75) is 13.3 Å². The Morgan fingerprint density at radius 3 is 2.69 bits per heavy atom. The molecule has 0 spiro atoms. The van der Waals surface area contributed by atoms with Gasteiger partial charge in [0, 0.05) is 17.3 Å². The van der Waals surface area contributed by atoms with E-state index in [-0.39, 0.29) is 31.1 Å². The van der Waals surface area contributed by atoms with Gasteiger partial charge in [0.2, 0.25) is 0 Å². The van der Waals surface area contributed by atoms with E-state index in [1.165, 1.54) is 16.5 Å². The minimum absolute atomic E-state index is 0.160. The lowest BCUT2D eigenvalue weighted by molar-refractivity contribution is -0.892. The third-order valence-corrected chi connectivity index (χ3v) is 5.51. The van der Waals surface area contributed by atoms with Crippen LogP contribution in [-0.2, 0) is 4.79 Å². The van der Waals surface area contributed by atoms with Gasteiger partial charge >= 0.3 is 0 Å². The van der Waals surface area contributed by atoms with E-state index in [4.69, 9.17) is 16.9 Å². The number of hydrogen-bond acceptors (Lipinski definition) is 3. The lowest BCUT2D eigenvalue weighted by atomic mass is 10.1. The Hall–Kier alpha value is -2.62. The molecule has 1 heterocycles. The minimum atomic E-state index is -0.449. The van der Waals surface area contributed by atoms with E-state index in [0.29, 0.717) is 5.02 Å². The van der Waals surface area contributed by atoms with Gasteiger partial charge in [-0.2, -0.15) is 5.26 Å². The second kappa shape index (κ2) is 9.73. The van der Waals surface area contributed by atoms with Crippen LogP contribution in [0, 0.1) is 24.1 Å². The number of nitriles is 1. The highest BCUT2D eigenvalue weighted by atomic mass is 35.5. The lowest BCUT2D eigenvalue weighted by Gasteiger charge is -2.35. The van der Waals surface area contributed by atoms with E-state index in [9.17, 15) is 9.18 Å². The van der Waals surface area contributed by atoms with Crippen LogP contribution in [-0.4, -0.2) is 45.2 Å². The summed E-state index contributed by atoms with van der Waals surface area (Å²) in [5.41, 5.74) is 2.54. The van der Waals surface area contributed by atoms with Gasteiger partial charge in [0.15, 0.2) is 6.54 Å². The third kappa shape index (κ3) is 5.26. The summed E-state index contributed by atoms with van der Waals surface area (Å²) in [7, 11) is 0. The molecule has 152 valence electrons. The average Bonchev–Trinajstić information content (AvgIpc) is 2.72. The normalized spacial score (nSPS) is 14.5. The first-order valence-electron chi connectivity index (χ1n) is 9.76. The number of carbonyl (C=O) groups is 1. The van der Waals surface area contributed by atoms with Crippen molar-refractivity contribution in [3.63, 3.8) is 0 Å². The fourth-order valence-corrected chi connectivity index (χ4v) is 3.85. The smallest absolute Gasteiger partial charge is 0.282 e. The van der Waals surface area contributed by atoms with Gasteiger partial charge in [-0.3, -0.25) is 4.79 Å². The van der Waals surface area contributed by atoms with Gasteiger partial charge in [-0.1, -0.05) is 29.8 Å². The number of benzene rings is 2. The number of rotatable bonds is 6. The Bertz CT molecular complexity index is 906. The highest BCUT2D eigenvalue weighted by molar-refractivity contribution is 6.30. The summed E-state index contributed by atoms with van der Waals surface area (Å²) >= 11 is 6.15. The average molecular weight is 416 g/mol. The molecule has 0 aliphatic carbocycles. The van der Waals surface area contributed by atoms with Crippen molar-refractivity contribution < 1.29 is 14.1 Å². The second-order valence-electron chi connectivity index (χ2n) is 7.25. The van der Waals surface area contributed by atoms with Gasteiger partial charge in [0.1, 0.15) is 5.82 Å². The molecule has 1 N–H and O–H groups in total. The van der Waals surface area contributed by atoms with Gasteiger partial charge < -0.3 is 14.7 Å². The maximum Gasteiger partial charge on any atom is 0.282 e. The van der Waals surface area contributed by atoms with Crippen LogP contribution < -0.4 is 14.7 Å². The van der Waals surface area contributed by atoms with Crippen molar-refractivity contribution in [3.8, 4) is 6.07 Å². The molecule has 0 atom stereocenters. The Labute approximate surface area is 175 Å². The quantitative estimate of drug-likeness (QED) is 0.788. The van der Waals surface area contributed by atoms with Crippen molar-refractivity contribution in [1.29, 1.82) is 5.26 Å². The lowest BCUT2D eigenvalue weighted by Crippen LogP contribution is -3.16. The molecular weight excluding hydrogens is 391 g/mol. The van der Waals surface area contributed by atoms with Crippen LogP contribution in [0.25, 0.3) is 0 Å². The fraction of sp³-hybridized carbons (Fsp3) is 0.364. The van der Waals surface area contributed by atoms with Crippen LogP contribution in [0.5, 0.6) is 0 Å². The van der Waals surface area contributed by atoms with Crippen LogP contribution in [0.4, 0.5) is 15.8 Å². The molecule has 2 aromatic carbocycles. The first-order chi connectivity index (χ1) is 14.0. The highest BCUT2D eigenvalue weighted by Gasteiger charge is 2.27. The zero-order valence-electron chi connectivity index (χ0n) is 16.5. The van der Waals surface area contributed by atoms with Crippen LogP contribution >= 0.6 is 11.6 Å². The van der Waals surface area contributed by atoms with Gasteiger partial charge in [-0.15, -0.1) is 0 Å². The Balaban J connectivity index is 1.63. The molecule has 29 heavy (non-hydrogen) atoms. The fourth-order valence-electron chi connectivity index (χ4n) is 3.69. The molecule has 1 amide bonds. The number of amides is 1. The number of halogens is 2. The molecular formula is C22H25ClFN4O+. The van der Waals surface area contributed by atoms with E-state index >= 15 is 0 Å². The molecule has 0 unspecified atom stereocenters. The van der Waals surface area contributed by atoms with E-state index in [1.807, 2.05) is 24.3 Å². The number of piperazine rings is 1. The predicted octanol–water partition coefficient (Wildman–Crippen LogP) is 2.44. The van der Waals surface area contributed by atoms with Crippen molar-refractivity contribution in [1.82, 2.24) is 0 Å². The van der Waals surface area contributed by atoms with Crippen LogP contribution in [0.3, 0.4) is 0 Å². The molecule has 0 saturated carbocycles. The highest BCUT2D eigenvalue weighted by Crippen LogP contribution is 2.24. The summed E-state index contributed by atoms with van der Waals surface area (Å²) in [6.07, 6.45) is 0.164. The number of aryl methyl sites for hydroxylation is 1. The SMILES string of the molecule is Cc1ccc(Cl)cc1N1CC[NH+](CC(=O)N(CCC#N)c2ccccc2F)CC1. The topological polar surface area (TPSA) is 51.8 Å². The molecule has 0 bridgehead atoms. The minimum Gasteiger partial charge on any atom is -0.360 e. The molecule has 1 fully saturated rings. The Morgan fingerprint density at radius 1 is 1.28 bits per heavy atom. The van der Waals surface area contributed by atoms with Crippen LogP contribution in [0.15, 0.2) is 42.5 Å². The van der Waals surface area contributed by atoms with Gasteiger partial charge in [-0.05, 0) is 36.8 Å². The molecule has 7 heteroatoms. The van der Waals surface area contributed by atoms with Gasteiger partial charge in [-0.25, -0.2) is 4.39 Å². The molecule has 5 nitrogen and oxygen atoms in total. The van der Waals surface area contributed by atoms with E-state index in [0.717, 1.165) is 36.8 Å². The standard InChI is InChI=1S/C22H24ClFN4O/c1-17-7-8-18(23)15-21(17)27-13-11-26(12-14-27)16-22(29)28(10-4-9-25)20-6-3-2-5-19(20)24/h2-3,5-8,15H,4,10-14,16H2,1H3/p+1. The Morgan fingerprint density at radius 2 is 2.00 bits per heavy atom. The molecule has 1 aliphatic rings. The molecule has 1 aliphatic heterocycles. The summed E-state index contributed by atoms with van der Waals surface area (Å²) in [6.45, 7) is 5.79. The number of nitrogens with zero attached hydrogens (tertiary/aromatic N) is 3. The van der Waals surface area contributed by atoms with Crippen molar-refractivity contribution in [2.75, 3.05) is 49.1 Å². The largest absolute Gasteiger partial charge is 0.360 e. The molecule has 3 rings (SSSR count). The third-order valence-electron chi connectivity index (χ3n) is 5.28. The predicted molar refractivity (Wildman–Crippen MR) is 113 cm³/mol. The van der Waals surface area contributed by atoms with E-state index in [1.54, 1.807) is 18.2 Å². The zero-order valence-corrected chi connectivity index (χ0v) is 17.3. The maximum atomic E-state index is 14.2. The van der Waals surface area contributed by atoms with Crippen molar-refractivity contribution >= 4 is 28.9 Å².